The summed E-state index contributed by atoms with van der Waals surface area (Å²) >= 11 is 0. The fraction of sp³-hybridized carbons (Fsp3) is 0.0476. The lowest BCUT2D eigenvalue weighted by atomic mass is 10.0. The number of imide groups is 1. The number of aromatic nitrogens is 3. The number of benzene rings is 2. The number of rotatable bonds is 2. The third-order valence-electron chi connectivity index (χ3n) is 4.94. The fourth-order valence-electron chi connectivity index (χ4n) is 3.48. The van der Waals surface area contributed by atoms with E-state index in [9.17, 15) is 18.4 Å². The van der Waals surface area contributed by atoms with E-state index < -0.39 is 23.4 Å². The number of halogens is 2. The average Bonchev–Trinajstić information content (AvgIpc) is 3.21. The lowest BCUT2D eigenvalue weighted by molar-refractivity contribution is 0.0693. The van der Waals surface area contributed by atoms with Crippen LogP contribution in [0.2, 0.25) is 0 Å². The molecule has 0 N–H and O–H groups in total. The normalized spacial score (nSPS) is 13.4. The minimum absolute atomic E-state index is 0.187. The highest BCUT2D eigenvalue weighted by Gasteiger charge is 2.37. The van der Waals surface area contributed by atoms with Gasteiger partial charge in [0.1, 0.15) is 17.3 Å². The van der Waals surface area contributed by atoms with Crippen LogP contribution in [0.5, 0.6) is 0 Å². The highest BCUT2D eigenvalue weighted by atomic mass is 19.1. The van der Waals surface area contributed by atoms with E-state index in [1.807, 2.05) is 0 Å². The minimum Gasteiger partial charge on any atom is -0.277 e. The molecule has 0 atom stereocenters. The zero-order chi connectivity index (χ0) is 20.3. The van der Waals surface area contributed by atoms with E-state index >= 15 is 0 Å². The van der Waals surface area contributed by atoms with Gasteiger partial charge < -0.3 is 0 Å². The van der Waals surface area contributed by atoms with Gasteiger partial charge in [-0.25, -0.2) is 18.4 Å². The molecule has 0 saturated carbocycles. The van der Waals surface area contributed by atoms with Gasteiger partial charge in [0.15, 0.2) is 5.65 Å². The number of pyridine rings is 1. The van der Waals surface area contributed by atoms with Crippen molar-refractivity contribution in [2.24, 2.45) is 0 Å². The monoisotopic (exact) mass is 390 g/mol. The Balaban J connectivity index is 1.88. The summed E-state index contributed by atoms with van der Waals surface area (Å²) in [4.78, 5) is 30.6. The van der Waals surface area contributed by atoms with E-state index in [0.29, 0.717) is 28.0 Å². The van der Waals surface area contributed by atoms with Crippen LogP contribution in [0.1, 0.15) is 20.7 Å². The summed E-state index contributed by atoms with van der Waals surface area (Å²) in [6, 6.07) is 11.3. The molecule has 0 saturated heterocycles. The standard InChI is InChI=1S/C21H12F2N4O2/c1-26-20(28)15-10-24-19-17(16(15)21(26)29)18(11-2-4-12(22)5-3-11)25-27(19)14-8-6-13(23)7-9-14/h2-10H,1H3. The molecule has 0 fully saturated rings. The van der Waals surface area contributed by atoms with Gasteiger partial charge in [-0.1, -0.05) is 0 Å². The van der Waals surface area contributed by atoms with Gasteiger partial charge >= 0.3 is 0 Å². The van der Waals surface area contributed by atoms with Crippen molar-refractivity contribution in [2.75, 3.05) is 7.05 Å². The molecule has 2 aromatic heterocycles. The van der Waals surface area contributed by atoms with Gasteiger partial charge in [-0.15, -0.1) is 0 Å². The maximum atomic E-state index is 13.4. The van der Waals surface area contributed by atoms with Crippen LogP contribution >= 0.6 is 0 Å². The highest BCUT2D eigenvalue weighted by molar-refractivity contribution is 6.27. The molecule has 0 unspecified atom stereocenters. The molecule has 0 spiro atoms. The summed E-state index contributed by atoms with van der Waals surface area (Å²) in [7, 11) is 1.40. The summed E-state index contributed by atoms with van der Waals surface area (Å²) in [6.07, 6.45) is 1.34. The lowest BCUT2D eigenvalue weighted by Crippen LogP contribution is -2.24. The summed E-state index contributed by atoms with van der Waals surface area (Å²) < 4.78 is 28.3. The van der Waals surface area contributed by atoms with Crippen molar-refractivity contribution in [3.63, 3.8) is 0 Å². The SMILES string of the molecule is CN1C(=O)c2cnc3c(c(-c4ccc(F)cc4)nn3-c3ccc(F)cc3)c2C1=O. The van der Waals surface area contributed by atoms with E-state index in [2.05, 4.69) is 10.1 Å². The number of hydrogen-bond acceptors (Lipinski definition) is 4. The van der Waals surface area contributed by atoms with E-state index in [1.54, 1.807) is 0 Å². The van der Waals surface area contributed by atoms with Crippen LogP contribution in [0.4, 0.5) is 8.78 Å². The molecule has 5 rings (SSSR count). The van der Waals surface area contributed by atoms with Crippen LogP contribution in [0.25, 0.3) is 28.0 Å². The van der Waals surface area contributed by atoms with Crippen LogP contribution in [0.3, 0.4) is 0 Å². The number of amides is 2. The first-order valence-electron chi connectivity index (χ1n) is 8.71. The average molecular weight is 390 g/mol. The van der Waals surface area contributed by atoms with Gasteiger partial charge in [-0.3, -0.25) is 14.5 Å². The summed E-state index contributed by atoms with van der Waals surface area (Å²) in [5.41, 5.74) is 2.20. The third-order valence-corrected chi connectivity index (χ3v) is 4.94. The zero-order valence-electron chi connectivity index (χ0n) is 15.1. The lowest BCUT2D eigenvalue weighted by Gasteiger charge is -2.04. The van der Waals surface area contributed by atoms with Gasteiger partial charge in [0.05, 0.1) is 22.2 Å². The Morgan fingerprint density at radius 3 is 2.14 bits per heavy atom. The Kier molecular flexibility index (Phi) is 3.57. The van der Waals surface area contributed by atoms with Crippen molar-refractivity contribution in [1.82, 2.24) is 19.7 Å². The Morgan fingerprint density at radius 2 is 1.48 bits per heavy atom. The first-order valence-corrected chi connectivity index (χ1v) is 8.71. The fourth-order valence-corrected chi connectivity index (χ4v) is 3.48. The van der Waals surface area contributed by atoms with Crippen LogP contribution < -0.4 is 0 Å². The zero-order valence-corrected chi connectivity index (χ0v) is 15.1. The molecule has 1 aliphatic heterocycles. The Morgan fingerprint density at radius 1 is 0.862 bits per heavy atom. The molecule has 0 bridgehead atoms. The summed E-state index contributed by atoms with van der Waals surface area (Å²) in [5.74, 6) is -1.72. The highest BCUT2D eigenvalue weighted by Crippen LogP contribution is 2.36. The molecule has 142 valence electrons. The summed E-state index contributed by atoms with van der Waals surface area (Å²) in [6.45, 7) is 0. The molecule has 0 aliphatic carbocycles. The van der Waals surface area contributed by atoms with Crippen LogP contribution in [-0.2, 0) is 0 Å². The van der Waals surface area contributed by atoms with E-state index in [-0.39, 0.29) is 11.1 Å². The Bertz CT molecular complexity index is 1310. The maximum Gasteiger partial charge on any atom is 0.262 e. The quantitative estimate of drug-likeness (QED) is 0.491. The molecule has 2 amide bonds. The minimum atomic E-state index is -0.459. The molecule has 0 radical (unpaired) electrons. The van der Waals surface area contributed by atoms with Gasteiger partial charge in [0, 0.05) is 18.8 Å². The molecule has 3 heterocycles. The predicted molar refractivity (Wildman–Crippen MR) is 101 cm³/mol. The number of nitrogens with zero attached hydrogens (tertiary/aromatic N) is 4. The van der Waals surface area contributed by atoms with Crippen LogP contribution in [-0.4, -0.2) is 38.5 Å². The number of carbonyl (C=O) groups excluding carboxylic acids is 2. The molecule has 8 heteroatoms. The first kappa shape index (κ1) is 17.2. The molecule has 1 aliphatic rings. The van der Waals surface area contributed by atoms with E-state index in [1.165, 1.54) is 66.5 Å². The molecule has 29 heavy (non-hydrogen) atoms. The summed E-state index contributed by atoms with van der Waals surface area (Å²) in [5, 5.41) is 4.97. The largest absolute Gasteiger partial charge is 0.277 e. The maximum absolute atomic E-state index is 13.4. The molecule has 6 nitrogen and oxygen atoms in total. The Labute approximate surface area is 163 Å². The van der Waals surface area contributed by atoms with Crippen LogP contribution in [0, 0.1) is 11.6 Å². The van der Waals surface area contributed by atoms with E-state index in [4.69, 9.17) is 0 Å². The van der Waals surface area contributed by atoms with E-state index in [0.717, 1.165) is 4.90 Å². The molecular formula is C21H12F2N4O2. The molecule has 4 aromatic rings. The molecular weight excluding hydrogens is 378 g/mol. The first-order chi connectivity index (χ1) is 14.0. The number of carbonyl (C=O) groups is 2. The smallest absolute Gasteiger partial charge is 0.262 e. The van der Waals surface area contributed by atoms with Crippen molar-refractivity contribution in [3.8, 4) is 16.9 Å². The van der Waals surface area contributed by atoms with Gasteiger partial charge in [0.2, 0.25) is 0 Å². The number of fused-ring (bicyclic) bond motifs is 3. The second kappa shape index (κ2) is 6.03. The topological polar surface area (TPSA) is 68.1 Å². The molecule has 2 aromatic carbocycles. The second-order valence-electron chi connectivity index (χ2n) is 6.66. The van der Waals surface area contributed by atoms with Gasteiger partial charge in [-0.05, 0) is 48.5 Å². The predicted octanol–water partition coefficient (Wildman–Crippen LogP) is 3.59. The second-order valence-corrected chi connectivity index (χ2v) is 6.66. The van der Waals surface area contributed by atoms with Crippen molar-refractivity contribution in [3.05, 3.63) is 77.5 Å². The third kappa shape index (κ3) is 2.46. The number of hydrogen-bond donors (Lipinski definition) is 0. The van der Waals surface area contributed by atoms with Gasteiger partial charge in [-0.2, -0.15) is 5.10 Å². The van der Waals surface area contributed by atoms with Gasteiger partial charge in [0.25, 0.3) is 11.8 Å². The van der Waals surface area contributed by atoms with Crippen molar-refractivity contribution in [2.45, 2.75) is 0 Å². The van der Waals surface area contributed by atoms with Crippen molar-refractivity contribution >= 4 is 22.8 Å². The Hall–Kier alpha value is -3.94. The van der Waals surface area contributed by atoms with Crippen molar-refractivity contribution < 1.29 is 18.4 Å². The van der Waals surface area contributed by atoms with Crippen molar-refractivity contribution in [1.29, 1.82) is 0 Å². The van der Waals surface area contributed by atoms with Crippen LogP contribution in [0.15, 0.2) is 54.7 Å².